The second-order valence-electron chi connectivity index (χ2n) is 6.93. The lowest BCUT2D eigenvalue weighted by Gasteiger charge is -2.27. The first-order valence-corrected chi connectivity index (χ1v) is 9.19. The van der Waals surface area contributed by atoms with Gasteiger partial charge < -0.3 is 25.0 Å². The summed E-state index contributed by atoms with van der Waals surface area (Å²) in [5.74, 6) is -0.560. The molecule has 2 rings (SSSR count). The summed E-state index contributed by atoms with van der Waals surface area (Å²) in [5.41, 5.74) is 0.0445. The number of hydrogen-bond donors (Lipinski definition) is 2. The predicted octanol–water partition coefficient (Wildman–Crippen LogP) is 1.93. The number of nitrogens with zero attached hydrogens (tertiary/aromatic N) is 2. The Morgan fingerprint density at radius 3 is 2.63 bits per heavy atom. The summed E-state index contributed by atoms with van der Waals surface area (Å²) in [7, 11) is 5.23. The summed E-state index contributed by atoms with van der Waals surface area (Å²) in [6, 6.07) is 3.46. The van der Waals surface area contributed by atoms with E-state index in [1.165, 1.54) is 18.2 Å². The van der Waals surface area contributed by atoms with Crippen LogP contribution in [0.3, 0.4) is 0 Å². The predicted molar refractivity (Wildman–Crippen MR) is 102 cm³/mol. The van der Waals surface area contributed by atoms with E-state index < -0.39 is 17.7 Å². The smallest absolute Gasteiger partial charge is 0.191 e. The zero-order chi connectivity index (χ0) is 19.8. The van der Waals surface area contributed by atoms with Crippen LogP contribution in [0.4, 0.5) is 8.78 Å². The molecule has 0 spiro atoms. The van der Waals surface area contributed by atoms with E-state index in [1.807, 2.05) is 6.92 Å². The molecule has 0 aliphatic carbocycles. The van der Waals surface area contributed by atoms with Crippen LogP contribution in [0.1, 0.15) is 24.9 Å². The first-order chi connectivity index (χ1) is 12.9. The Morgan fingerprint density at radius 2 is 2.07 bits per heavy atom. The second-order valence-corrected chi connectivity index (χ2v) is 6.93. The third-order valence-electron chi connectivity index (χ3n) is 4.50. The average Bonchev–Trinajstić information content (AvgIpc) is 3.14. The first kappa shape index (κ1) is 21.5. The van der Waals surface area contributed by atoms with Crippen LogP contribution in [0.5, 0.6) is 0 Å². The zero-order valence-corrected chi connectivity index (χ0v) is 16.5. The minimum atomic E-state index is -0.556. The molecule has 27 heavy (non-hydrogen) atoms. The van der Waals surface area contributed by atoms with Gasteiger partial charge in [-0.3, -0.25) is 4.99 Å². The van der Waals surface area contributed by atoms with Crippen LogP contribution in [0, 0.1) is 11.6 Å². The number of hydrogen-bond acceptors (Lipinski definition) is 4. The quantitative estimate of drug-likeness (QED) is 0.530. The SMILES string of the molecule is CN=C(NCC(c1c(F)cccc1F)N(C)C)NC(C)COC1CCOC1. The average molecular weight is 384 g/mol. The van der Waals surface area contributed by atoms with Gasteiger partial charge in [-0.25, -0.2) is 8.78 Å². The molecule has 1 aliphatic rings. The van der Waals surface area contributed by atoms with Crippen LogP contribution in [-0.2, 0) is 9.47 Å². The Labute approximate surface area is 159 Å². The Bertz CT molecular complexity index is 601. The van der Waals surface area contributed by atoms with Crippen molar-refractivity contribution in [2.24, 2.45) is 4.99 Å². The second kappa shape index (κ2) is 10.5. The maximum absolute atomic E-state index is 14.2. The molecular weight excluding hydrogens is 354 g/mol. The lowest BCUT2D eigenvalue weighted by Crippen LogP contribution is -2.46. The zero-order valence-electron chi connectivity index (χ0n) is 16.5. The number of aliphatic imine (C=N–C) groups is 1. The van der Waals surface area contributed by atoms with E-state index in [1.54, 1.807) is 26.0 Å². The van der Waals surface area contributed by atoms with Gasteiger partial charge in [-0.05, 0) is 39.6 Å². The van der Waals surface area contributed by atoms with Crippen LogP contribution in [0.15, 0.2) is 23.2 Å². The highest BCUT2D eigenvalue weighted by Crippen LogP contribution is 2.23. The molecule has 1 aliphatic heterocycles. The molecule has 1 aromatic carbocycles. The van der Waals surface area contributed by atoms with Crippen molar-refractivity contribution >= 4 is 5.96 Å². The van der Waals surface area contributed by atoms with Crippen molar-refractivity contribution < 1.29 is 18.3 Å². The number of benzene rings is 1. The van der Waals surface area contributed by atoms with E-state index in [4.69, 9.17) is 9.47 Å². The summed E-state index contributed by atoms with van der Waals surface area (Å²) in [6.45, 7) is 4.19. The van der Waals surface area contributed by atoms with Gasteiger partial charge >= 0.3 is 0 Å². The molecule has 1 saturated heterocycles. The van der Waals surface area contributed by atoms with Gasteiger partial charge in [0.1, 0.15) is 11.6 Å². The molecule has 1 aromatic rings. The molecule has 6 nitrogen and oxygen atoms in total. The molecule has 3 unspecified atom stereocenters. The molecule has 0 saturated carbocycles. The van der Waals surface area contributed by atoms with Crippen LogP contribution in [0.2, 0.25) is 0 Å². The van der Waals surface area contributed by atoms with Crippen molar-refractivity contribution in [2.45, 2.75) is 31.5 Å². The number of ether oxygens (including phenoxy) is 2. The Hall–Kier alpha value is -1.77. The molecule has 3 atom stereocenters. The van der Waals surface area contributed by atoms with E-state index in [9.17, 15) is 8.78 Å². The largest absolute Gasteiger partial charge is 0.379 e. The molecule has 0 radical (unpaired) electrons. The highest BCUT2D eigenvalue weighted by Gasteiger charge is 2.23. The maximum Gasteiger partial charge on any atom is 0.191 e. The van der Waals surface area contributed by atoms with Gasteiger partial charge in [0.2, 0.25) is 0 Å². The highest BCUT2D eigenvalue weighted by atomic mass is 19.1. The number of guanidine groups is 1. The minimum Gasteiger partial charge on any atom is -0.379 e. The van der Waals surface area contributed by atoms with Crippen molar-refractivity contribution in [1.29, 1.82) is 0 Å². The molecule has 1 heterocycles. The fourth-order valence-corrected chi connectivity index (χ4v) is 2.96. The summed E-state index contributed by atoms with van der Waals surface area (Å²) >= 11 is 0. The normalized spacial score (nSPS) is 20.0. The van der Waals surface area contributed by atoms with Gasteiger partial charge in [0.25, 0.3) is 0 Å². The summed E-state index contributed by atoms with van der Waals surface area (Å²) < 4.78 is 39.4. The molecule has 1 fully saturated rings. The number of likely N-dealkylation sites (N-methyl/N-ethyl adjacent to an activating group) is 1. The topological polar surface area (TPSA) is 58.1 Å². The lowest BCUT2D eigenvalue weighted by molar-refractivity contribution is 0.0347. The fraction of sp³-hybridized carbons (Fsp3) is 0.632. The van der Waals surface area contributed by atoms with Crippen LogP contribution >= 0.6 is 0 Å². The van der Waals surface area contributed by atoms with Gasteiger partial charge in [-0.2, -0.15) is 0 Å². The summed E-state index contributed by atoms with van der Waals surface area (Å²) in [6.07, 6.45) is 1.06. The summed E-state index contributed by atoms with van der Waals surface area (Å²) in [4.78, 5) is 5.96. The molecule has 0 bridgehead atoms. The number of rotatable bonds is 8. The monoisotopic (exact) mass is 384 g/mol. The molecule has 0 aromatic heterocycles. The van der Waals surface area contributed by atoms with Gasteiger partial charge in [0, 0.05) is 31.8 Å². The maximum atomic E-state index is 14.2. The summed E-state index contributed by atoms with van der Waals surface area (Å²) in [5, 5.41) is 6.38. The molecule has 152 valence electrons. The Morgan fingerprint density at radius 1 is 1.37 bits per heavy atom. The number of nitrogens with one attached hydrogen (secondary N) is 2. The Kier molecular flexibility index (Phi) is 8.40. The standard InChI is InChI=1S/C19H30F2N4O2/c1-13(11-27-14-8-9-26-12-14)24-19(22-2)23-10-17(25(3)4)18-15(20)6-5-7-16(18)21/h5-7,13-14,17H,8-12H2,1-4H3,(H2,22,23,24). The lowest BCUT2D eigenvalue weighted by atomic mass is 10.0. The molecular formula is C19H30F2N4O2. The van der Waals surface area contributed by atoms with E-state index >= 15 is 0 Å². The van der Waals surface area contributed by atoms with Crippen molar-refractivity contribution in [3.8, 4) is 0 Å². The van der Waals surface area contributed by atoms with E-state index in [0.717, 1.165) is 13.0 Å². The molecule has 0 amide bonds. The van der Waals surface area contributed by atoms with E-state index in [-0.39, 0.29) is 17.7 Å². The van der Waals surface area contributed by atoms with E-state index in [0.29, 0.717) is 25.7 Å². The van der Waals surface area contributed by atoms with Crippen LogP contribution < -0.4 is 10.6 Å². The van der Waals surface area contributed by atoms with Gasteiger partial charge in [-0.1, -0.05) is 6.07 Å². The van der Waals surface area contributed by atoms with Gasteiger partial charge in [-0.15, -0.1) is 0 Å². The Balaban J connectivity index is 1.90. The third-order valence-corrected chi connectivity index (χ3v) is 4.50. The molecule has 8 heteroatoms. The molecule has 2 N–H and O–H groups in total. The van der Waals surface area contributed by atoms with Gasteiger partial charge in [0.05, 0.1) is 25.4 Å². The number of halogens is 2. The van der Waals surface area contributed by atoms with E-state index in [2.05, 4.69) is 15.6 Å². The van der Waals surface area contributed by atoms with Crippen LogP contribution in [0.25, 0.3) is 0 Å². The van der Waals surface area contributed by atoms with Gasteiger partial charge in [0.15, 0.2) is 5.96 Å². The van der Waals surface area contributed by atoms with Crippen LogP contribution in [-0.4, -0.2) is 70.5 Å². The van der Waals surface area contributed by atoms with Crippen molar-refractivity contribution in [3.05, 3.63) is 35.4 Å². The first-order valence-electron chi connectivity index (χ1n) is 9.19. The highest BCUT2D eigenvalue weighted by molar-refractivity contribution is 5.80. The minimum absolute atomic E-state index is 0.0276. The third kappa shape index (κ3) is 6.41. The van der Waals surface area contributed by atoms with Crippen molar-refractivity contribution in [3.63, 3.8) is 0 Å². The van der Waals surface area contributed by atoms with Crippen molar-refractivity contribution in [1.82, 2.24) is 15.5 Å². The van der Waals surface area contributed by atoms with Crippen molar-refractivity contribution in [2.75, 3.05) is 47.5 Å². The fourth-order valence-electron chi connectivity index (χ4n) is 2.96.